The molecule has 0 aliphatic rings. The number of hydrogen-bond acceptors (Lipinski definition) is 3. The first-order chi connectivity index (χ1) is 6.84. The predicted molar refractivity (Wildman–Crippen MR) is 53.3 cm³/mol. The lowest BCUT2D eigenvalue weighted by Gasteiger charge is -2.04. The van der Waals surface area contributed by atoms with Crippen LogP contribution in [0.25, 0.3) is 0 Å². The molecule has 0 amide bonds. The minimum atomic E-state index is -0.317. The third-order valence-electron chi connectivity index (χ3n) is 1.57. The third-order valence-corrected chi connectivity index (χ3v) is 1.78. The second-order valence-electron chi connectivity index (χ2n) is 2.55. The molecule has 0 aliphatic heterocycles. The van der Waals surface area contributed by atoms with E-state index in [1.165, 1.54) is 0 Å². The van der Waals surface area contributed by atoms with Crippen LogP contribution in [-0.4, -0.2) is 35.7 Å². The Labute approximate surface area is 86.5 Å². The topological polar surface area (TPSA) is 35.5 Å². The fraction of sp³-hybridized carbons (Fsp3) is 0.300. The Kier molecular flexibility index (Phi) is 4.96. The molecule has 0 N–H and O–H groups in total. The summed E-state index contributed by atoms with van der Waals surface area (Å²) in [5.41, 5.74) is 0.561. The van der Waals surface area contributed by atoms with E-state index >= 15 is 0 Å². The van der Waals surface area contributed by atoms with Crippen LogP contribution in [0.4, 0.5) is 0 Å². The van der Waals surface area contributed by atoms with Crippen LogP contribution in [0, 0.1) is 0 Å². The molecular weight excluding hydrogens is 196 g/mol. The molecule has 0 aromatic heterocycles. The maximum Gasteiger partial charge on any atom is 0.338 e. The molecule has 1 aromatic carbocycles. The van der Waals surface area contributed by atoms with Crippen LogP contribution in [0.5, 0.6) is 0 Å². The lowest BCUT2D eigenvalue weighted by Crippen LogP contribution is -2.11. The molecule has 73 valence electrons. The summed E-state index contributed by atoms with van der Waals surface area (Å²) < 4.78 is 9.90. The average Bonchev–Trinajstić information content (AvgIpc) is 2.25. The van der Waals surface area contributed by atoms with Crippen molar-refractivity contribution in [2.24, 2.45) is 0 Å². The molecule has 0 atom stereocenters. The zero-order valence-corrected chi connectivity index (χ0v) is 8.73. The van der Waals surface area contributed by atoms with E-state index in [0.29, 0.717) is 18.4 Å². The van der Waals surface area contributed by atoms with E-state index in [1.54, 1.807) is 24.3 Å². The van der Waals surface area contributed by atoms with Gasteiger partial charge in [-0.1, -0.05) is 18.2 Å². The molecule has 3 radical (unpaired) electrons. The number of ether oxygens (including phenoxy) is 2. The van der Waals surface area contributed by atoms with Gasteiger partial charge in [0.25, 0.3) is 0 Å². The maximum atomic E-state index is 11.3. The van der Waals surface area contributed by atoms with Gasteiger partial charge in [0.1, 0.15) is 6.61 Å². The first-order valence-electron chi connectivity index (χ1n) is 4.29. The Balaban J connectivity index is 2.29. The van der Waals surface area contributed by atoms with Crippen molar-refractivity contribution in [1.29, 1.82) is 0 Å². The van der Waals surface area contributed by atoms with Gasteiger partial charge in [0, 0.05) is 6.23 Å². The van der Waals surface area contributed by atoms with Gasteiger partial charge >= 0.3 is 5.97 Å². The fourth-order valence-electron chi connectivity index (χ4n) is 0.923. The summed E-state index contributed by atoms with van der Waals surface area (Å²) in [6.07, 6.45) is 0.447. The van der Waals surface area contributed by atoms with Gasteiger partial charge in [-0.25, -0.2) is 4.79 Å². The zero-order chi connectivity index (χ0) is 10.2. The standard InChI is InChI=1S/C10H11O3Si/c11-10(13-7-6-12-8-14)9-4-2-1-3-5-9/h1-5H,6-8H2. The van der Waals surface area contributed by atoms with Gasteiger partial charge in [0.2, 0.25) is 0 Å². The highest BCUT2D eigenvalue weighted by Crippen LogP contribution is 2.00. The minimum absolute atomic E-state index is 0.276. The van der Waals surface area contributed by atoms with E-state index in [0.717, 1.165) is 0 Å². The number of rotatable bonds is 5. The Morgan fingerprint density at radius 2 is 1.93 bits per heavy atom. The van der Waals surface area contributed by atoms with Crippen molar-refractivity contribution in [2.45, 2.75) is 0 Å². The molecule has 1 aromatic rings. The molecule has 0 saturated heterocycles. The highest BCUT2D eigenvalue weighted by molar-refractivity contribution is 6.08. The first-order valence-corrected chi connectivity index (χ1v) is 5.00. The molecular formula is C10H11O3Si. The van der Waals surface area contributed by atoms with Gasteiger partial charge in [0.15, 0.2) is 0 Å². The number of esters is 1. The monoisotopic (exact) mass is 207 g/mol. The van der Waals surface area contributed by atoms with E-state index < -0.39 is 0 Å². The smallest absolute Gasteiger partial charge is 0.338 e. The SMILES string of the molecule is O=C(OCCOC[Si])c1ccccc1. The number of carbonyl (C=O) groups excluding carboxylic acids is 1. The summed E-state index contributed by atoms with van der Waals surface area (Å²) in [5, 5.41) is 0. The normalized spacial score (nSPS) is 9.79. The zero-order valence-electron chi connectivity index (χ0n) is 7.73. The summed E-state index contributed by atoms with van der Waals surface area (Å²) in [6.45, 7) is 0.681. The van der Waals surface area contributed by atoms with Crippen LogP contribution in [0.1, 0.15) is 10.4 Å². The van der Waals surface area contributed by atoms with Crippen LogP contribution >= 0.6 is 0 Å². The van der Waals surface area contributed by atoms with E-state index in [4.69, 9.17) is 9.47 Å². The van der Waals surface area contributed by atoms with E-state index in [2.05, 4.69) is 10.2 Å². The first kappa shape index (κ1) is 10.9. The van der Waals surface area contributed by atoms with E-state index in [1.807, 2.05) is 6.07 Å². The Hall–Kier alpha value is -1.13. The summed E-state index contributed by atoms with van der Waals surface area (Å²) in [4.78, 5) is 11.3. The maximum absolute atomic E-state index is 11.3. The summed E-state index contributed by atoms with van der Waals surface area (Å²) >= 11 is 0. The Morgan fingerprint density at radius 3 is 2.57 bits per heavy atom. The molecule has 1 rings (SSSR count). The fourth-order valence-corrected chi connectivity index (χ4v) is 1.07. The molecule has 0 heterocycles. The van der Waals surface area contributed by atoms with Crippen LogP contribution in [0.2, 0.25) is 0 Å². The quantitative estimate of drug-likeness (QED) is 0.410. The molecule has 0 bridgehead atoms. The van der Waals surface area contributed by atoms with Gasteiger partial charge in [-0.15, -0.1) is 0 Å². The summed E-state index contributed by atoms with van der Waals surface area (Å²) in [5.74, 6) is -0.317. The molecule has 3 nitrogen and oxygen atoms in total. The summed E-state index contributed by atoms with van der Waals surface area (Å²) in [6, 6.07) is 8.88. The van der Waals surface area contributed by atoms with Crippen molar-refractivity contribution in [3.8, 4) is 0 Å². The molecule has 0 unspecified atom stereocenters. The second-order valence-corrected chi connectivity index (χ2v) is 2.84. The van der Waals surface area contributed by atoms with E-state index in [9.17, 15) is 4.79 Å². The van der Waals surface area contributed by atoms with Gasteiger partial charge in [-0.05, 0) is 12.1 Å². The molecule has 0 spiro atoms. The van der Waals surface area contributed by atoms with Crippen LogP contribution in [0.3, 0.4) is 0 Å². The van der Waals surface area contributed by atoms with Crippen molar-refractivity contribution in [2.75, 3.05) is 19.4 Å². The van der Waals surface area contributed by atoms with Crippen molar-refractivity contribution in [1.82, 2.24) is 0 Å². The summed E-state index contributed by atoms with van der Waals surface area (Å²) in [7, 11) is 3.14. The molecule has 0 saturated carbocycles. The van der Waals surface area contributed by atoms with Crippen molar-refractivity contribution >= 4 is 16.2 Å². The van der Waals surface area contributed by atoms with Crippen LogP contribution in [0.15, 0.2) is 30.3 Å². The average molecular weight is 207 g/mol. The van der Waals surface area contributed by atoms with E-state index in [-0.39, 0.29) is 12.6 Å². The van der Waals surface area contributed by atoms with Crippen molar-refractivity contribution < 1.29 is 14.3 Å². The lowest BCUT2D eigenvalue weighted by molar-refractivity contribution is 0.0370. The molecule has 0 aliphatic carbocycles. The van der Waals surface area contributed by atoms with Gasteiger partial charge in [-0.3, -0.25) is 0 Å². The van der Waals surface area contributed by atoms with Gasteiger partial charge < -0.3 is 9.47 Å². The van der Waals surface area contributed by atoms with Gasteiger partial charge in [0.05, 0.1) is 22.4 Å². The van der Waals surface area contributed by atoms with Crippen molar-refractivity contribution in [3.63, 3.8) is 0 Å². The second kappa shape index (κ2) is 6.34. The lowest BCUT2D eigenvalue weighted by atomic mass is 10.2. The number of carbonyl (C=O) groups is 1. The number of hydrogen-bond donors (Lipinski definition) is 0. The third kappa shape index (κ3) is 3.72. The van der Waals surface area contributed by atoms with Crippen molar-refractivity contribution in [3.05, 3.63) is 35.9 Å². The minimum Gasteiger partial charge on any atom is -0.460 e. The Morgan fingerprint density at radius 1 is 1.21 bits per heavy atom. The largest absolute Gasteiger partial charge is 0.460 e. The molecule has 14 heavy (non-hydrogen) atoms. The van der Waals surface area contributed by atoms with Gasteiger partial charge in [-0.2, -0.15) is 0 Å². The highest BCUT2D eigenvalue weighted by Gasteiger charge is 2.04. The van der Waals surface area contributed by atoms with Crippen LogP contribution < -0.4 is 0 Å². The molecule has 0 fully saturated rings. The van der Waals surface area contributed by atoms with Crippen LogP contribution in [-0.2, 0) is 9.47 Å². The number of benzene rings is 1. The highest BCUT2D eigenvalue weighted by atomic mass is 28.1. The Bertz CT molecular complexity index is 274. The molecule has 4 heteroatoms. The predicted octanol–water partition coefficient (Wildman–Crippen LogP) is 0.986.